The number of rotatable bonds is 4. The van der Waals surface area contributed by atoms with Crippen LogP contribution < -0.4 is 0 Å². The number of hydrogen-bond donors (Lipinski definition) is 0. The molecule has 232 valence electrons. The van der Waals surface area contributed by atoms with Crippen molar-refractivity contribution >= 4 is 0 Å². The Labute approximate surface area is 253 Å². The van der Waals surface area contributed by atoms with E-state index in [1.54, 1.807) is 22.3 Å². The van der Waals surface area contributed by atoms with Gasteiger partial charge in [-0.2, -0.15) is 0 Å². The highest BCUT2D eigenvalue weighted by atomic mass is 14.2. The second-order valence-corrected chi connectivity index (χ2v) is 15.3. The highest BCUT2D eigenvalue weighted by Gasteiger charge is 2.17. The average molecular weight is 553 g/mol. The fourth-order valence-electron chi connectivity index (χ4n) is 6.36. The summed E-state index contributed by atoms with van der Waals surface area (Å²) >= 11 is 0. The molecule has 0 aromatic rings. The molecule has 4 unspecified atom stereocenters. The first kappa shape index (κ1) is 37.0. The van der Waals surface area contributed by atoms with Crippen LogP contribution in [0.15, 0.2) is 46.6 Å². The maximum atomic E-state index is 2.41. The van der Waals surface area contributed by atoms with E-state index in [-0.39, 0.29) is 0 Å². The summed E-state index contributed by atoms with van der Waals surface area (Å²) in [5.41, 5.74) is 6.38. The van der Waals surface area contributed by atoms with Gasteiger partial charge in [-0.25, -0.2) is 0 Å². The zero-order chi connectivity index (χ0) is 30.2. The van der Waals surface area contributed by atoms with Gasteiger partial charge in [0.2, 0.25) is 0 Å². The van der Waals surface area contributed by atoms with Crippen LogP contribution in [0, 0.1) is 47.3 Å². The van der Waals surface area contributed by atoms with Gasteiger partial charge in [0, 0.05) is 0 Å². The van der Waals surface area contributed by atoms with Gasteiger partial charge in [-0.15, -0.1) is 0 Å². The summed E-state index contributed by atoms with van der Waals surface area (Å²) in [4.78, 5) is 0. The molecule has 4 aliphatic carbocycles. The first-order valence-electron chi connectivity index (χ1n) is 17.4. The van der Waals surface area contributed by atoms with Crippen LogP contribution in [0.1, 0.15) is 160 Å². The smallest absolute Gasteiger partial charge is 0.0317 e. The molecule has 0 fully saturated rings. The van der Waals surface area contributed by atoms with Gasteiger partial charge >= 0.3 is 0 Å². The molecule has 0 bridgehead atoms. The monoisotopic (exact) mass is 553 g/mol. The standard InChI is InChI=1S/4C10H18/c4*1-8(2)10-6-4-9(3)5-7-10/h4*4,8,10H,5-7H2,1-3H3. The predicted octanol–water partition coefficient (Wildman–Crippen LogP) is 13.6. The molecule has 0 aromatic heterocycles. The normalized spacial score (nSPS) is 26.8. The van der Waals surface area contributed by atoms with Gasteiger partial charge < -0.3 is 0 Å². The van der Waals surface area contributed by atoms with Crippen molar-refractivity contribution < 1.29 is 0 Å². The van der Waals surface area contributed by atoms with Crippen molar-refractivity contribution in [2.24, 2.45) is 47.3 Å². The molecule has 4 aliphatic rings. The summed E-state index contributed by atoms with van der Waals surface area (Å²) in [6, 6.07) is 0. The second-order valence-electron chi connectivity index (χ2n) is 15.3. The van der Waals surface area contributed by atoms with Gasteiger partial charge in [0.25, 0.3) is 0 Å². The largest absolute Gasteiger partial charge is 0.0853 e. The van der Waals surface area contributed by atoms with Gasteiger partial charge in [-0.1, -0.05) is 102 Å². The summed E-state index contributed by atoms with van der Waals surface area (Å²) in [6.45, 7) is 27.6. The predicted molar refractivity (Wildman–Crippen MR) is 184 cm³/mol. The molecule has 0 heteroatoms. The second kappa shape index (κ2) is 20.0. The molecule has 0 radical (unpaired) electrons. The third-order valence-corrected chi connectivity index (χ3v) is 10.5. The van der Waals surface area contributed by atoms with E-state index in [2.05, 4.69) is 107 Å². The molecule has 40 heavy (non-hydrogen) atoms. The third-order valence-electron chi connectivity index (χ3n) is 10.5. The summed E-state index contributed by atoms with van der Waals surface area (Å²) in [7, 11) is 0. The molecule has 4 atom stereocenters. The quantitative estimate of drug-likeness (QED) is 0.304. The van der Waals surface area contributed by atoms with Crippen molar-refractivity contribution in [1.29, 1.82) is 0 Å². The zero-order valence-corrected chi connectivity index (χ0v) is 29.4. The third kappa shape index (κ3) is 15.8. The summed E-state index contributed by atoms with van der Waals surface area (Å²) in [6.07, 6.45) is 25.9. The van der Waals surface area contributed by atoms with Gasteiger partial charge in [0.05, 0.1) is 0 Å². The highest BCUT2D eigenvalue weighted by Crippen LogP contribution is 2.31. The van der Waals surface area contributed by atoms with Gasteiger partial charge in [0.1, 0.15) is 0 Å². The van der Waals surface area contributed by atoms with E-state index < -0.39 is 0 Å². The van der Waals surface area contributed by atoms with Crippen LogP contribution in [0.2, 0.25) is 0 Å². The molecule has 0 saturated heterocycles. The van der Waals surface area contributed by atoms with E-state index in [1.807, 2.05) is 0 Å². The van der Waals surface area contributed by atoms with Crippen LogP contribution in [0.4, 0.5) is 0 Å². The SMILES string of the molecule is CC1=CCC(C(C)C)CC1.CC1=CCC(C(C)C)CC1.CC1=CCC(C(C)C)CC1.CC1=CCC(C(C)C)CC1. The highest BCUT2D eigenvalue weighted by molar-refractivity contribution is 5.05. The molecule has 0 amide bonds. The molecule has 0 heterocycles. The lowest BCUT2D eigenvalue weighted by Crippen LogP contribution is -2.10. The fourth-order valence-corrected chi connectivity index (χ4v) is 6.36. The first-order valence-corrected chi connectivity index (χ1v) is 17.4. The topological polar surface area (TPSA) is 0 Å². The van der Waals surface area contributed by atoms with Crippen molar-refractivity contribution in [3.05, 3.63) is 46.6 Å². The van der Waals surface area contributed by atoms with Crippen LogP contribution >= 0.6 is 0 Å². The van der Waals surface area contributed by atoms with Crippen molar-refractivity contribution in [3.63, 3.8) is 0 Å². The molecule has 0 nitrogen and oxygen atoms in total. The van der Waals surface area contributed by atoms with Crippen LogP contribution in [0.5, 0.6) is 0 Å². The van der Waals surface area contributed by atoms with Crippen LogP contribution in [0.25, 0.3) is 0 Å². The van der Waals surface area contributed by atoms with Crippen molar-refractivity contribution in [3.8, 4) is 0 Å². The van der Waals surface area contributed by atoms with Crippen molar-refractivity contribution in [2.45, 2.75) is 160 Å². The molecule has 0 aliphatic heterocycles. The maximum absolute atomic E-state index is 2.41. The van der Waals surface area contributed by atoms with E-state index in [0.29, 0.717) is 0 Å². The Balaban J connectivity index is 0.000000267. The van der Waals surface area contributed by atoms with E-state index in [4.69, 9.17) is 0 Å². The number of allylic oxidation sites excluding steroid dienone is 8. The summed E-state index contributed by atoms with van der Waals surface area (Å²) in [5, 5.41) is 0. The average Bonchev–Trinajstić information content (AvgIpc) is 2.91. The Morgan fingerprint density at radius 3 is 0.650 bits per heavy atom. The Hall–Kier alpha value is -1.04. The van der Waals surface area contributed by atoms with E-state index in [9.17, 15) is 0 Å². The fraction of sp³-hybridized carbons (Fsp3) is 0.800. The lowest BCUT2D eigenvalue weighted by molar-refractivity contribution is 0.350. The lowest BCUT2D eigenvalue weighted by Gasteiger charge is -2.23. The van der Waals surface area contributed by atoms with Crippen molar-refractivity contribution in [1.82, 2.24) is 0 Å². The maximum Gasteiger partial charge on any atom is -0.0317 e. The van der Waals surface area contributed by atoms with Crippen LogP contribution in [0.3, 0.4) is 0 Å². The molecular formula is C40H72. The van der Waals surface area contributed by atoms with Crippen molar-refractivity contribution in [2.75, 3.05) is 0 Å². The van der Waals surface area contributed by atoms with E-state index in [0.717, 1.165) is 47.3 Å². The Morgan fingerprint density at radius 2 is 0.550 bits per heavy atom. The van der Waals surface area contributed by atoms with Gasteiger partial charge in [-0.05, 0) is 152 Å². The van der Waals surface area contributed by atoms with Crippen LogP contribution in [-0.2, 0) is 0 Å². The molecule has 0 spiro atoms. The molecule has 0 saturated carbocycles. The first-order chi connectivity index (χ1) is 18.8. The van der Waals surface area contributed by atoms with E-state index in [1.165, 1.54) is 77.0 Å². The minimum absolute atomic E-state index is 0.879. The Bertz CT molecular complexity index is 660. The molecule has 0 aromatic carbocycles. The summed E-state index contributed by atoms with van der Waals surface area (Å²) < 4.78 is 0. The van der Waals surface area contributed by atoms with Crippen LogP contribution in [-0.4, -0.2) is 0 Å². The lowest BCUT2D eigenvalue weighted by atomic mass is 9.83. The molecule has 4 rings (SSSR count). The Kier molecular flexibility index (Phi) is 18.5. The Morgan fingerprint density at radius 1 is 0.375 bits per heavy atom. The van der Waals surface area contributed by atoms with Gasteiger partial charge in [-0.3, -0.25) is 0 Å². The zero-order valence-electron chi connectivity index (χ0n) is 29.4. The van der Waals surface area contributed by atoms with Gasteiger partial charge in [0.15, 0.2) is 0 Å². The minimum atomic E-state index is 0.879. The molecule has 0 N–H and O–H groups in total. The summed E-state index contributed by atoms with van der Waals surface area (Å²) in [5.74, 6) is 7.36. The minimum Gasteiger partial charge on any atom is -0.0853 e. The van der Waals surface area contributed by atoms with E-state index >= 15 is 0 Å². The number of hydrogen-bond acceptors (Lipinski definition) is 0. The molecular weight excluding hydrogens is 480 g/mol.